The Labute approximate surface area is 335 Å². The molecule has 3 atom stereocenters. The average molecular weight is 743 g/mol. The first-order valence-electron chi connectivity index (χ1n) is 20.8. The van der Waals surface area contributed by atoms with Gasteiger partial charge in [0.05, 0.1) is 28.5 Å². The second-order valence-corrected chi connectivity index (χ2v) is 16.6. The van der Waals surface area contributed by atoms with E-state index in [1.54, 1.807) is 0 Å². The van der Waals surface area contributed by atoms with E-state index in [0.717, 1.165) is 31.4 Å². The van der Waals surface area contributed by atoms with Gasteiger partial charge in [-0.3, -0.25) is 4.98 Å². The van der Waals surface area contributed by atoms with E-state index in [2.05, 4.69) is 199 Å². The second-order valence-electron chi connectivity index (χ2n) is 16.6. The Hall–Kier alpha value is -6.13. The van der Waals surface area contributed by atoms with Gasteiger partial charge in [-0.1, -0.05) is 124 Å². The third-order valence-electron chi connectivity index (χ3n) is 13.6. The van der Waals surface area contributed by atoms with Gasteiger partial charge in [0, 0.05) is 66.3 Å². The minimum Gasteiger partial charge on any atom is -0.330 e. The summed E-state index contributed by atoms with van der Waals surface area (Å²) in [6, 6.07) is 47.5. The van der Waals surface area contributed by atoms with Gasteiger partial charge in [0.15, 0.2) is 0 Å². The number of fused-ring (bicyclic) bond motifs is 9. The number of nitrogens with zero attached hydrogens (tertiary/aromatic N) is 4. The van der Waals surface area contributed by atoms with Gasteiger partial charge in [0.2, 0.25) is 0 Å². The normalized spacial score (nSPS) is 17.9. The largest absolute Gasteiger partial charge is 0.330 e. The molecule has 57 heavy (non-hydrogen) atoms. The number of aromatic nitrogens is 4. The van der Waals surface area contributed by atoms with Crippen molar-refractivity contribution in [3.05, 3.63) is 175 Å². The molecule has 0 radical (unpaired) electrons. The molecule has 0 N–H and O–H groups in total. The van der Waals surface area contributed by atoms with Crippen LogP contribution < -0.4 is 0 Å². The Kier molecular flexibility index (Phi) is 8.19. The highest BCUT2D eigenvalue weighted by molar-refractivity contribution is 6.10. The van der Waals surface area contributed by atoms with Crippen LogP contribution in [0.1, 0.15) is 70.7 Å². The predicted molar refractivity (Wildman–Crippen MR) is 242 cm³/mol. The zero-order chi connectivity index (χ0) is 38.9. The molecule has 282 valence electrons. The van der Waals surface area contributed by atoms with Crippen molar-refractivity contribution in [1.29, 1.82) is 0 Å². The highest BCUT2D eigenvalue weighted by Gasteiger charge is 2.48. The van der Waals surface area contributed by atoms with E-state index in [9.17, 15) is 0 Å². The van der Waals surface area contributed by atoms with Crippen molar-refractivity contribution in [3.8, 4) is 5.69 Å². The molecule has 3 unspecified atom stereocenters. The molecule has 4 heteroatoms. The third-order valence-corrected chi connectivity index (χ3v) is 13.6. The Morgan fingerprint density at radius 3 is 1.89 bits per heavy atom. The minimum atomic E-state index is -0.365. The first kappa shape index (κ1) is 35.3. The van der Waals surface area contributed by atoms with Crippen LogP contribution in [-0.4, -0.2) is 18.7 Å². The lowest BCUT2D eigenvalue weighted by Gasteiger charge is -2.49. The number of benzene rings is 5. The maximum atomic E-state index is 4.51. The summed E-state index contributed by atoms with van der Waals surface area (Å²) in [7, 11) is 0. The van der Waals surface area contributed by atoms with Crippen LogP contribution in [-0.2, 0) is 17.5 Å². The van der Waals surface area contributed by atoms with E-state index in [1.165, 1.54) is 71.3 Å². The second kappa shape index (κ2) is 13.2. The lowest BCUT2D eigenvalue weighted by Crippen LogP contribution is -2.48. The van der Waals surface area contributed by atoms with Crippen molar-refractivity contribution in [2.45, 2.75) is 71.4 Å². The third kappa shape index (κ3) is 4.95. The monoisotopic (exact) mass is 742 g/mol. The van der Waals surface area contributed by atoms with Crippen molar-refractivity contribution in [3.63, 3.8) is 0 Å². The number of pyridine rings is 1. The van der Waals surface area contributed by atoms with Gasteiger partial charge in [-0.25, -0.2) is 0 Å². The quantitative estimate of drug-likeness (QED) is 0.135. The number of hydrogen-bond donors (Lipinski definition) is 0. The standard InChI is InChI=1S/C53H50N4/c1-6-30-52(5,56-47-24-14-10-19-39(47)40-20-11-15-25-48(40)56)37-27-28-50-43(34-37)41-21-12-16-26-49(41)57(50)53(8-3,31-7-2)51(4)32-29-46-44(35-51)42-22-9-13-23-45(42)55(46)38-18-17-33-54-36-38/h7,9-29,31-34,36H,6,8,30,35H2,1-5H3. The van der Waals surface area contributed by atoms with Gasteiger partial charge in [-0.2, -0.15) is 0 Å². The smallest absolute Gasteiger partial charge is 0.0722 e. The van der Waals surface area contributed by atoms with Crippen LogP contribution in [0.25, 0.3) is 66.3 Å². The highest BCUT2D eigenvalue weighted by Crippen LogP contribution is 2.53. The Balaban J connectivity index is 1.20. The lowest BCUT2D eigenvalue weighted by atomic mass is 9.63. The van der Waals surface area contributed by atoms with Crippen LogP contribution in [0.2, 0.25) is 0 Å². The fourth-order valence-corrected chi connectivity index (χ4v) is 11.0. The lowest BCUT2D eigenvalue weighted by molar-refractivity contribution is 0.166. The van der Waals surface area contributed by atoms with Crippen LogP contribution in [0.5, 0.6) is 0 Å². The van der Waals surface area contributed by atoms with Crippen molar-refractivity contribution < 1.29 is 0 Å². The summed E-state index contributed by atoms with van der Waals surface area (Å²) < 4.78 is 7.73. The molecule has 10 rings (SSSR count). The van der Waals surface area contributed by atoms with Crippen LogP contribution >= 0.6 is 0 Å². The summed E-state index contributed by atoms with van der Waals surface area (Å²) in [6.45, 7) is 11.8. The summed E-state index contributed by atoms with van der Waals surface area (Å²) in [6.07, 6.45) is 17.4. The van der Waals surface area contributed by atoms with E-state index in [0.29, 0.717) is 0 Å². The molecular weight excluding hydrogens is 693 g/mol. The Bertz CT molecular complexity index is 2990. The van der Waals surface area contributed by atoms with E-state index >= 15 is 0 Å². The van der Waals surface area contributed by atoms with Crippen molar-refractivity contribution >= 4 is 60.6 Å². The first-order chi connectivity index (χ1) is 27.9. The molecule has 5 aromatic carbocycles. The van der Waals surface area contributed by atoms with Gasteiger partial charge < -0.3 is 13.7 Å². The summed E-state index contributed by atoms with van der Waals surface area (Å²) >= 11 is 0. The number of hydrogen-bond acceptors (Lipinski definition) is 1. The topological polar surface area (TPSA) is 27.7 Å². The maximum Gasteiger partial charge on any atom is 0.0722 e. The number of allylic oxidation sites excluding steroid dienone is 3. The molecule has 0 aliphatic heterocycles. The molecule has 0 saturated carbocycles. The summed E-state index contributed by atoms with van der Waals surface area (Å²) in [5, 5.41) is 6.55. The van der Waals surface area contributed by atoms with Gasteiger partial charge in [-0.15, -0.1) is 0 Å². The van der Waals surface area contributed by atoms with Crippen LogP contribution in [0.4, 0.5) is 0 Å². The van der Waals surface area contributed by atoms with Gasteiger partial charge in [-0.05, 0) is 98.8 Å². The molecule has 1 aliphatic rings. The molecule has 9 aromatic rings. The maximum absolute atomic E-state index is 4.51. The summed E-state index contributed by atoms with van der Waals surface area (Å²) in [4.78, 5) is 4.51. The van der Waals surface area contributed by atoms with Crippen LogP contribution in [0.15, 0.2) is 158 Å². The minimum absolute atomic E-state index is 0.252. The fraction of sp³-hybridized carbons (Fsp3) is 0.226. The molecular formula is C53H50N4. The molecule has 4 nitrogen and oxygen atoms in total. The Morgan fingerprint density at radius 2 is 1.28 bits per heavy atom. The SMILES string of the molecule is CC=CC(CC)(n1c2ccccc2c2cc(C(C)(CCC)n3c4ccccc4c4ccccc43)ccc21)C1(C)C=Cc2c(c3ccccc3n2-c2cccnc2)C1. The van der Waals surface area contributed by atoms with Crippen LogP contribution in [0, 0.1) is 5.41 Å². The average Bonchev–Trinajstić information content (AvgIpc) is 3.89. The highest BCUT2D eigenvalue weighted by atomic mass is 15.1. The molecule has 4 aromatic heterocycles. The Morgan fingerprint density at radius 1 is 0.684 bits per heavy atom. The van der Waals surface area contributed by atoms with Crippen molar-refractivity contribution in [2.24, 2.45) is 5.41 Å². The zero-order valence-electron chi connectivity index (χ0n) is 33.7. The number of para-hydroxylation sites is 4. The zero-order valence-corrected chi connectivity index (χ0v) is 33.7. The van der Waals surface area contributed by atoms with E-state index in [4.69, 9.17) is 0 Å². The molecule has 0 spiro atoms. The molecule has 4 heterocycles. The molecule has 0 fully saturated rings. The van der Waals surface area contributed by atoms with Crippen LogP contribution in [0.3, 0.4) is 0 Å². The molecule has 0 bridgehead atoms. The first-order valence-corrected chi connectivity index (χ1v) is 20.8. The molecule has 0 amide bonds. The molecule has 0 saturated heterocycles. The van der Waals surface area contributed by atoms with Crippen molar-refractivity contribution in [2.75, 3.05) is 0 Å². The van der Waals surface area contributed by atoms with Gasteiger partial charge in [0.1, 0.15) is 0 Å². The predicted octanol–water partition coefficient (Wildman–Crippen LogP) is 13.8. The van der Waals surface area contributed by atoms with Gasteiger partial charge >= 0.3 is 0 Å². The van der Waals surface area contributed by atoms with E-state index < -0.39 is 0 Å². The number of rotatable bonds is 9. The van der Waals surface area contributed by atoms with Gasteiger partial charge in [0.25, 0.3) is 0 Å². The summed E-state index contributed by atoms with van der Waals surface area (Å²) in [5.74, 6) is 0. The summed E-state index contributed by atoms with van der Waals surface area (Å²) in [5.41, 5.74) is 10.5. The fourth-order valence-electron chi connectivity index (χ4n) is 11.0. The van der Waals surface area contributed by atoms with E-state index in [-0.39, 0.29) is 16.5 Å². The van der Waals surface area contributed by atoms with Crippen molar-refractivity contribution in [1.82, 2.24) is 18.7 Å². The molecule has 1 aliphatic carbocycles. The van der Waals surface area contributed by atoms with E-state index in [1.807, 2.05) is 18.5 Å².